The van der Waals surface area contributed by atoms with Gasteiger partial charge in [0, 0.05) is 36.0 Å². The van der Waals surface area contributed by atoms with Gasteiger partial charge in [-0.3, -0.25) is 14.5 Å². The van der Waals surface area contributed by atoms with Crippen molar-refractivity contribution >= 4 is 22.7 Å². The van der Waals surface area contributed by atoms with E-state index in [4.69, 9.17) is 18.9 Å². The Morgan fingerprint density at radius 3 is 2.38 bits per heavy atom. The molecule has 0 spiro atoms. The number of aromatic amines is 1. The molecule has 178 valence electrons. The minimum Gasteiger partial charge on any atom is -0.497 e. The third kappa shape index (κ3) is 4.31. The molecule has 0 saturated carbocycles. The molecule has 2 amide bonds. The third-order valence-corrected chi connectivity index (χ3v) is 6.11. The smallest absolute Gasteiger partial charge is 0.252 e. The first-order chi connectivity index (χ1) is 16.5. The second-order valence-electron chi connectivity index (χ2n) is 7.95. The molecule has 0 saturated heterocycles. The molecule has 8 nitrogen and oxygen atoms in total. The van der Waals surface area contributed by atoms with Gasteiger partial charge in [-0.2, -0.15) is 0 Å². The number of benzene rings is 2. The van der Waals surface area contributed by atoms with Crippen LogP contribution in [0.15, 0.2) is 48.7 Å². The zero-order valence-corrected chi connectivity index (χ0v) is 19.7. The lowest BCUT2D eigenvalue weighted by Crippen LogP contribution is -2.38. The summed E-state index contributed by atoms with van der Waals surface area (Å²) in [7, 11) is 6.26. The Hall–Kier alpha value is -3.94. The fraction of sp³-hybridized carbons (Fsp3) is 0.308. The molecule has 0 bridgehead atoms. The van der Waals surface area contributed by atoms with Gasteiger partial charge in [-0.15, -0.1) is 0 Å². The number of carbonyl (C=O) groups excluding carboxylic acids is 2. The third-order valence-electron chi connectivity index (χ3n) is 6.11. The summed E-state index contributed by atoms with van der Waals surface area (Å²) in [6, 6.07) is 9.43. The van der Waals surface area contributed by atoms with E-state index in [1.165, 1.54) is 11.0 Å². The van der Waals surface area contributed by atoms with Gasteiger partial charge in [0.15, 0.2) is 11.5 Å². The molecule has 8 heteroatoms. The number of hydrogen-bond acceptors (Lipinski definition) is 6. The van der Waals surface area contributed by atoms with Crippen molar-refractivity contribution in [2.75, 3.05) is 35.0 Å². The number of imide groups is 1. The first-order valence-corrected chi connectivity index (χ1v) is 11.0. The molecule has 1 aromatic heterocycles. The average Bonchev–Trinajstić information content (AvgIpc) is 3.29. The Morgan fingerprint density at radius 2 is 1.76 bits per heavy atom. The predicted molar refractivity (Wildman–Crippen MR) is 128 cm³/mol. The van der Waals surface area contributed by atoms with Crippen LogP contribution in [0, 0.1) is 0 Å². The van der Waals surface area contributed by atoms with E-state index in [0.29, 0.717) is 36.0 Å². The van der Waals surface area contributed by atoms with Crippen molar-refractivity contribution in [3.63, 3.8) is 0 Å². The Labute approximate surface area is 198 Å². The van der Waals surface area contributed by atoms with Gasteiger partial charge < -0.3 is 23.9 Å². The van der Waals surface area contributed by atoms with Crippen molar-refractivity contribution in [2.45, 2.75) is 18.8 Å². The first-order valence-electron chi connectivity index (χ1n) is 11.0. The minimum atomic E-state index is -0.388. The van der Waals surface area contributed by atoms with E-state index in [0.717, 1.165) is 22.0 Å². The normalized spacial score (nSPS) is 14.2. The van der Waals surface area contributed by atoms with Crippen molar-refractivity contribution in [1.82, 2.24) is 9.88 Å². The SMILES string of the molecule is COc1ccc2[nH]cc(C(CC(=O)N3CCC=CC3=O)c3cc(OC)c(OC)c(OC)c3)c2c1. The van der Waals surface area contributed by atoms with Crippen molar-refractivity contribution < 1.29 is 28.5 Å². The lowest BCUT2D eigenvalue weighted by Gasteiger charge is -2.25. The van der Waals surface area contributed by atoms with Crippen LogP contribution in [0.3, 0.4) is 0 Å². The summed E-state index contributed by atoms with van der Waals surface area (Å²) in [6.07, 6.45) is 5.86. The second-order valence-corrected chi connectivity index (χ2v) is 7.95. The predicted octanol–water partition coefficient (Wildman–Crippen LogP) is 4.04. The number of ether oxygens (including phenoxy) is 4. The Kier molecular flexibility index (Phi) is 6.77. The van der Waals surface area contributed by atoms with Gasteiger partial charge >= 0.3 is 0 Å². The minimum absolute atomic E-state index is 0.0857. The number of H-pyrrole nitrogens is 1. The monoisotopic (exact) mass is 464 g/mol. The number of nitrogens with one attached hydrogen (secondary N) is 1. The van der Waals surface area contributed by atoms with Gasteiger partial charge in [-0.25, -0.2) is 0 Å². The number of rotatable bonds is 8. The van der Waals surface area contributed by atoms with Crippen LogP contribution in [0.5, 0.6) is 23.0 Å². The molecule has 2 aromatic carbocycles. The molecule has 3 aromatic rings. The van der Waals surface area contributed by atoms with E-state index in [9.17, 15) is 9.59 Å². The van der Waals surface area contributed by atoms with E-state index >= 15 is 0 Å². The number of aromatic nitrogens is 1. The largest absolute Gasteiger partial charge is 0.497 e. The summed E-state index contributed by atoms with van der Waals surface area (Å²) in [5, 5.41) is 0.927. The zero-order chi connectivity index (χ0) is 24.2. The molecule has 2 heterocycles. The van der Waals surface area contributed by atoms with Crippen molar-refractivity contribution in [3.05, 3.63) is 59.8 Å². The van der Waals surface area contributed by atoms with Crippen LogP contribution >= 0.6 is 0 Å². The standard InChI is InChI=1S/C26H28N2O6/c1-31-17-8-9-21-19(13-17)20(15-27-21)18(14-25(30)28-10-6-5-7-24(28)29)16-11-22(32-2)26(34-4)23(12-16)33-3/h5,7-9,11-13,15,18,27H,6,10,14H2,1-4H3. The Balaban J connectivity index is 1.85. The van der Waals surface area contributed by atoms with Crippen molar-refractivity contribution in [3.8, 4) is 23.0 Å². The maximum absolute atomic E-state index is 13.3. The molecule has 4 rings (SSSR count). The van der Waals surface area contributed by atoms with Crippen molar-refractivity contribution in [1.29, 1.82) is 0 Å². The summed E-state index contributed by atoms with van der Waals surface area (Å²) >= 11 is 0. The van der Waals surface area contributed by atoms with Crippen LogP contribution in [-0.2, 0) is 9.59 Å². The van der Waals surface area contributed by atoms with Gasteiger partial charge in [0.05, 0.1) is 28.4 Å². The quantitative estimate of drug-likeness (QED) is 0.541. The molecular formula is C26H28N2O6. The molecule has 0 aliphatic carbocycles. The maximum atomic E-state index is 13.3. The van der Waals surface area contributed by atoms with E-state index in [-0.39, 0.29) is 24.2 Å². The second kappa shape index (κ2) is 9.91. The summed E-state index contributed by atoms with van der Waals surface area (Å²) in [5.41, 5.74) is 2.61. The topological polar surface area (TPSA) is 90.1 Å². The maximum Gasteiger partial charge on any atom is 0.252 e. The number of fused-ring (bicyclic) bond motifs is 1. The Bertz CT molecular complexity index is 1220. The fourth-order valence-corrected chi connectivity index (χ4v) is 4.37. The molecule has 0 radical (unpaired) electrons. The zero-order valence-electron chi connectivity index (χ0n) is 19.7. The molecule has 1 unspecified atom stereocenters. The van der Waals surface area contributed by atoms with Crippen LogP contribution in [0.25, 0.3) is 10.9 Å². The first kappa shape index (κ1) is 23.2. The molecule has 0 fully saturated rings. The van der Waals surface area contributed by atoms with Gasteiger partial charge in [0.25, 0.3) is 5.91 Å². The fourth-order valence-electron chi connectivity index (χ4n) is 4.37. The van der Waals surface area contributed by atoms with Gasteiger partial charge in [0.2, 0.25) is 11.7 Å². The number of hydrogen-bond donors (Lipinski definition) is 1. The molecule has 1 N–H and O–H groups in total. The highest BCUT2D eigenvalue weighted by molar-refractivity contribution is 6.02. The Morgan fingerprint density at radius 1 is 1.03 bits per heavy atom. The summed E-state index contributed by atoms with van der Waals surface area (Å²) < 4.78 is 22.0. The van der Waals surface area contributed by atoms with Crippen LogP contribution in [0.2, 0.25) is 0 Å². The highest BCUT2D eigenvalue weighted by atomic mass is 16.5. The number of methoxy groups -OCH3 is 4. The number of carbonyl (C=O) groups is 2. The summed E-state index contributed by atoms with van der Waals surface area (Å²) in [6.45, 7) is 0.373. The number of amides is 2. The van der Waals surface area contributed by atoms with Crippen LogP contribution in [0.1, 0.15) is 29.9 Å². The lowest BCUT2D eigenvalue weighted by atomic mass is 9.87. The van der Waals surface area contributed by atoms with E-state index in [1.54, 1.807) is 34.5 Å². The highest BCUT2D eigenvalue weighted by Crippen LogP contribution is 2.43. The van der Waals surface area contributed by atoms with E-state index < -0.39 is 0 Å². The summed E-state index contributed by atoms with van der Waals surface area (Å²) in [5.74, 6) is 1.23. The molecular weight excluding hydrogens is 436 g/mol. The molecule has 1 atom stereocenters. The molecule has 1 aliphatic rings. The van der Waals surface area contributed by atoms with E-state index in [1.807, 2.05) is 36.5 Å². The highest BCUT2D eigenvalue weighted by Gasteiger charge is 2.29. The van der Waals surface area contributed by atoms with Gasteiger partial charge in [0.1, 0.15) is 5.75 Å². The van der Waals surface area contributed by atoms with Crippen LogP contribution in [-0.4, -0.2) is 56.7 Å². The van der Waals surface area contributed by atoms with E-state index in [2.05, 4.69) is 4.98 Å². The van der Waals surface area contributed by atoms with Crippen molar-refractivity contribution in [2.24, 2.45) is 0 Å². The molecule has 34 heavy (non-hydrogen) atoms. The summed E-state index contributed by atoms with van der Waals surface area (Å²) in [4.78, 5) is 30.3. The van der Waals surface area contributed by atoms with Crippen LogP contribution in [0.4, 0.5) is 0 Å². The lowest BCUT2D eigenvalue weighted by molar-refractivity contribution is -0.142. The average molecular weight is 465 g/mol. The van der Waals surface area contributed by atoms with Gasteiger partial charge in [-0.05, 0) is 54.0 Å². The van der Waals surface area contributed by atoms with Gasteiger partial charge in [-0.1, -0.05) is 6.08 Å². The number of nitrogens with zero attached hydrogens (tertiary/aromatic N) is 1. The van der Waals surface area contributed by atoms with Crippen LogP contribution < -0.4 is 18.9 Å². The molecule has 1 aliphatic heterocycles.